The lowest BCUT2D eigenvalue weighted by atomic mass is 9.99. The number of allylic oxidation sites excluding steroid dienone is 1. The molecule has 3 aromatic rings. The van der Waals surface area contributed by atoms with E-state index < -0.39 is 0 Å². The van der Waals surface area contributed by atoms with Crippen molar-refractivity contribution in [3.05, 3.63) is 107 Å². The van der Waals surface area contributed by atoms with Gasteiger partial charge in [0.1, 0.15) is 5.17 Å². The van der Waals surface area contributed by atoms with Crippen LogP contribution in [0.3, 0.4) is 0 Å². The number of rotatable bonds is 5. The van der Waals surface area contributed by atoms with Crippen LogP contribution in [0.2, 0.25) is 0 Å². The molecule has 124 valence electrons. The summed E-state index contributed by atoms with van der Waals surface area (Å²) in [6.45, 7) is 2.69. The molecule has 0 spiro atoms. The number of hydrogen-bond donors (Lipinski definition) is 0. The smallest absolute Gasteiger partial charge is 0.131 e. The Kier molecular flexibility index (Phi) is 5.81. The summed E-state index contributed by atoms with van der Waals surface area (Å²) in [6, 6.07) is 28.5. The zero-order valence-electron chi connectivity index (χ0n) is 14.2. The highest BCUT2D eigenvalue weighted by atomic mass is 35.5. The Morgan fingerprint density at radius 2 is 1.44 bits per heavy atom. The van der Waals surface area contributed by atoms with Gasteiger partial charge in [0.2, 0.25) is 0 Å². The van der Waals surface area contributed by atoms with Crippen LogP contribution in [0.25, 0.3) is 11.6 Å². The first-order chi connectivity index (χ1) is 12.2. The fourth-order valence-electron chi connectivity index (χ4n) is 2.74. The maximum absolute atomic E-state index is 6.35. The molecule has 0 aliphatic heterocycles. The van der Waals surface area contributed by atoms with Crippen LogP contribution in [-0.4, -0.2) is 5.17 Å². The second-order valence-electron chi connectivity index (χ2n) is 5.87. The second-order valence-corrected chi connectivity index (χ2v) is 6.23. The highest BCUT2D eigenvalue weighted by molar-refractivity contribution is 6.69. The molecule has 0 aliphatic rings. The van der Waals surface area contributed by atoms with Crippen molar-refractivity contribution in [3.8, 4) is 0 Å². The van der Waals surface area contributed by atoms with E-state index in [0.29, 0.717) is 11.7 Å². The van der Waals surface area contributed by atoms with Gasteiger partial charge < -0.3 is 0 Å². The molecule has 0 saturated heterocycles. The highest BCUT2D eigenvalue weighted by Crippen LogP contribution is 2.22. The number of halogens is 1. The average molecular weight is 346 g/mol. The van der Waals surface area contributed by atoms with E-state index in [1.54, 1.807) is 0 Å². The molecule has 0 heterocycles. The minimum absolute atomic E-state index is 0.542. The van der Waals surface area contributed by atoms with Gasteiger partial charge in [-0.2, -0.15) is 0 Å². The van der Waals surface area contributed by atoms with Gasteiger partial charge in [-0.3, -0.25) is 4.99 Å². The SMILES string of the molecule is C/C(=C\c1ccccc1)c1ccccc1CN=C(Cl)c1ccccc1. The minimum Gasteiger partial charge on any atom is -0.268 e. The fourth-order valence-corrected chi connectivity index (χ4v) is 2.93. The Balaban J connectivity index is 1.85. The van der Waals surface area contributed by atoms with Gasteiger partial charge in [0.25, 0.3) is 0 Å². The Labute approximate surface area is 154 Å². The van der Waals surface area contributed by atoms with E-state index in [1.807, 2.05) is 42.5 Å². The van der Waals surface area contributed by atoms with Crippen molar-refractivity contribution in [2.75, 3.05) is 0 Å². The Morgan fingerprint density at radius 1 is 0.840 bits per heavy atom. The molecular formula is C23H20ClN. The van der Waals surface area contributed by atoms with Crippen LogP contribution in [-0.2, 0) is 6.54 Å². The number of hydrogen-bond acceptors (Lipinski definition) is 1. The van der Waals surface area contributed by atoms with Gasteiger partial charge in [-0.05, 0) is 29.2 Å². The second kappa shape index (κ2) is 8.46. The molecule has 0 atom stereocenters. The lowest BCUT2D eigenvalue weighted by Crippen LogP contribution is -1.95. The standard InChI is InChI=1S/C23H20ClN/c1-18(16-19-10-4-2-5-11-19)22-15-9-8-14-21(22)17-25-23(24)20-12-6-3-7-13-20/h2-16H,17H2,1H3/b18-16+,25-23?. The number of aliphatic imine (C=N–C) groups is 1. The van der Waals surface area contributed by atoms with Crippen molar-refractivity contribution < 1.29 is 0 Å². The highest BCUT2D eigenvalue weighted by Gasteiger charge is 2.05. The van der Waals surface area contributed by atoms with Gasteiger partial charge in [-0.15, -0.1) is 0 Å². The maximum atomic E-state index is 6.35. The van der Waals surface area contributed by atoms with E-state index >= 15 is 0 Å². The van der Waals surface area contributed by atoms with E-state index in [-0.39, 0.29) is 0 Å². The maximum Gasteiger partial charge on any atom is 0.131 e. The van der Waals surface area contributed by atoms with Crippen molar-refractivity contribution in [2.45, 2.75) is 13.5 Å². The van der Waals surface area contributed by atoms with Gasteiger partial charge in [0.15, 0.2) is 0 Å². The van der Waals surface area contributed by atoms with Crippen molar-refractivity contribution in [3.63, 3.8) is 0 Å². The minimum atomic E-state index is 0.542. The molecule has 3 rings (SSSR count). The average Bonchev–Trinajstić information content (AvgIpc) is 2.68. The molecule has 0 bridgehead atoms. The molecular weight excluding hydrogens is 326 g/mol. The first-order valence-corrected chi connectivity index (χ1v) is 8.69. The van der Waals surface area contributed by atoms with E-state index in [0.717, 1.165) is 5.56 Å². The monoisotopic (exact) mass is 345 g/mol. The molecule has 0 aromatic heterocycles. The third-order valence-electron chi connectivity index (χ3n) is 4.03. The molecule has 1 nitrogen and oxygen atoms in total. The molecule has 0 amide bonds. The van der Waals surface area contributed by atoms with Crippen molar-refractivity contribution in [1.29, 1.82) is 0 Å². The number of benzene rings is 3. The molecule has 0 fully saturated rings. The molecule has 0 unspecified atom stereocenters. The normalized spacial score (nSPS) is 12.2. The van der Waals surface area contributed by atoms with Crippen LogP contribution in [0.1, 0.15) is 29.2 Å². The Bertz CT molecular complexity index is 880. The summed E-state index contributed by atoms with van der Waals surface area (Å²) in [5.41, 5.74) is 5.72. The summed E-state index contributed by atoms with van der Waals surface area (Å²) in [5, 5.41) is 0.542. The third-order valence-corrected chi connectivity index (χ3v) is 4.36. The molecule has 0 aliphatic carbocycles. The molecule has 3 aromatic carbocycles. The lowest BCUT2D eigenvalue weighted by Gasteiger charge is -2.09. The van der Waals surface area contributed by atoms with Gasteiger partial charge in [0.05, 0.1) is 6.54 Å². The zero-order chi connectivity index (χ0) is 17.5. The Morgan fingerprint density at radius 3 is 2.16 bits per heavy atom. The summed E-state index contributed by atoms with van der Waals surface area (Å²) in [7, 11) is 0. The summed E-state index contributed by atoms with van der Waals surface area (Å²) in [5.74, 6) is 0. The number of nitrogens with zero attached hydrogens (tertiary/aromatic N) is 1. The van der Waals surface area contributed by atoms with Crippen molar-refractivity contribution >= 4 is 28.4 Å². The lowest BCUT2D eigenvalue weighted by molar-refractivity contribution is 1.07. The van der Waals surface area contributed by atoms with E-state index in [1.165, 1.54) is 22.3 Å². The van der Waals surface area contributed by atoms with E-state index in [4.69, 9.17) is 11.6 Å². The molecule has 0 radical (unpaired) electrons. The van der Waals surface area contributed by atoms with Crippen LogP contribution in [0.4, 0.5) is 0 Å². The van der Waals surface area contributed by atoms with Gasteiger partial charge >= 0.3 is 0 Å². The molecule has 25 heavy (non-hydrogen) atoms. The quantitative estimate of drug-likeness (QED) is 0.373. The van der Waals surface area contributed by atoms with E-state index in [9.17, 15) is 0 Å². The largest absolute Gasteiger partial charge is 0.268 e. The Hall–Kier alpha value is -2.64. The molecule has 0 saturated carbocycles. The topological polar surface area (TPSA) is 12.4 Å². The van der Waals surface area contributed by atoms with Crippen LogP contribution < -0.4 is 0 Å². The van der Waals surface area contributed by atoms with E-state index in [2.05, 4.69) is 60.5 Å². The summed E-state index contributed by atoms with van der Waals surface area (Å²) >= 11 is 6.35. The summed E-state index contributed by atoms with van der Waals surface area (Å²) in [4.78, 5) is 4.57. The molecule has 0 N–H and O–H groups in total. The molecule has 2 heteroatoms. The van der Waals surface area contributed by atoms with Gasteiger partial charge in [-0.1, -0.05) is 103 Å². The van der Waals surface area contributed by atoms with Gasteiger partial charge in [0, 0.05) is 5.56 Å². The predicted octanol–water partition coefficient (Wildman–Crippen LogP) is 6.43. The predicted molar refractivity (Wildman–Crippen MR) is 109 cm³/mol. The van der Waals surface area contributed by atoms with Crippen LogP contribution in [0.5, 0.6) is 0 Å². The van der Waals surface area contributed by atoms with Crippen LogP contribution >= 0.6 is 11.6 Å². The third kappa shape index (κ3) is 4.68. The van der Waals surface area contributed by atoms with Gasteiger partial charge in [-0.25, -0.2) is 0 Å². The van der Waals surface area contributed by atoms with Crippen LogP contribution in [0, 0.1) is 0 Å². The summed E-state index contributed by atoms with van der Waals surface area (Å²) < 4.78 is 0. The fraction of sp³-hybridized carbons (Fsp3) is 0.0870. The van der Waals surface area contributed by atoms with Crippen molar-refractivity contribution in [1.82, 2.24) is 0 Å². The van der Waals surface area contributed by atoms with Crippen molar-refractivity contribution in [2.24, 2.45) is 4.99 Å². The van der Waals surface area contributed by atoms with Crippen LogP contribution in [0.15, 0.2) is 89.9 Å². The first kappa shape index (κ1) is 17.2. The zero-order valence-corrected chi connectivity index (χ0v) is 14.9. The first-order valence-electron chi connectivity index (χ1n) is 8.31. The summed E-state index contributed by atoms with van der Waals surface area (Å²) in [6.07, 6.45) is 2.20.